The van der Waals surface area contributed by atoms with Crippen LogP contribution < -0.4 is 5.73 Å². The number of tetrazole rings is 1. The van der Waals surface area contributed by atoms with Crippen molar-refractivity contribution in [1.82, 2.24) is 20.2 Å². The molecule has 0 aliphatic heterocycles. The highest BCUT2D eigenvalue weighted by molar-refractivity contribution is 5.63. The number of ether oxygens (including phenoxy) is 1. The third-order valence-corrected chi connectivity index (χ3v) is 3.56. The number of benzene rings is 1. The van der Waals surface area contributed by atoms with E-state index in [1.54, 1.807) is 0 Å². The number of hydrogen-bond donors (Lipinski definition) is 1. The van der Waals surface area contributed by atoms with E-state index in [0.29, 0.717) is 19.1 Å². The summed E-state index contributed by atoms with van der Waals surface area (Å²) in [5, 5.41) is 12.2. The van der Waals surface area contributed by atoms with Crippen LogP contribution in [-0.2, 0) is 4.74 Å². The highest BCUT2D eigenvalue weighted by atomic mass is 16.5. The maximum atomic E-state index is 5.81. The maximum absolute atomic E-state index is 5.81. The Morgan fingerprint density at radius 1 is 1.33 bits per heavy atom. The molecule has 0 aliphatic carbocycles. The zero-order valence-electron chi connectivity index (χ0n) is 13.1. The number of anilines is 1. The highest BCUT2D eigenvalue weighted by Gasteiger charge is 2.22. The number of nitrogens with two attached hydrogens (primary N) is 1. The predicted octanol–water partition coefficient (Wildman–Crippen LogP) is 2.46. The number of rotatable bonds is 6. The number of aromatic nitrogens is 4. The first-order chi connectivity index (χ1) is 10.0. The summed E-state index contributed by atoms with van der Waals surface area (Å²) in [6, 6.07) is 5.87. The summed E-state index contributed by atoms with van der Waals surface area (Å²) in [5.74, 6) is 1.12. The molecular formula is C15H23N5O. The fourth-order valence-corrected chi connectivity index (χ4v) is 2.32. The normalized spacial score (nSPS) is 12.8. The van der Waals surface area contributed by atoms with E-state index in [2.05, 4.69) is 29.4 Å². The van der Waals surface area contributed by atoms with Crippen LogP contribution in [0.25, 0.3) is 11.4 Å². The van der Waals surface area contributed by atoms with Gasteiger partial charge in [0.05, 0.1) is 12.6 Å². The molecule has 2 aromatic rings. The topological polar surface area (TPSA) is 78.8 Å². The van der Waals surface area contributed by atoms with Crippen molar-refractivity contribution in [3.05, 3.63) is 23.8 Å². The molecule has 0 fully saturated rings. The average molecular weight is 289 g/mol. The summed E-state index contributed by atoms with van der Waals surface area (Å²) in [5.41, 5.74) is 8.61. The Kier molecular flexibility index (Phi) is 4.90. The minimum Gasteiger partial charge on any atom is -0.399 e. The van der Waals surface area contributed by atoms with Gasteiger partial charge in [0.1, 0.15) is 0 Å². The zero-order valence-corrected chi connectivity index (χ0v) is 13.1. The molecule has 2 rings (SSSR count). The van der Waals surface area contributed by atoms with E-state index in [-0.39, 0.29) is 6.04 Å². The van der Waals surface area contributed by atoms with Gasteiger partial charge in [0.2, 0.25) is 0 Å². The van der Waals surface area contributed by atoms with E-state index in [9.17, 15) is 0 Å². The lowest BCUT2D eigenvalue weighted by Gasteiger charge is -2.22. The summed E-state index contributed by atoms with van der Waals surface area (Å²) in [6.45, 7) is 9.57. The summed E-state index contributed by atoms with van der Waals surface area (Å²) >= 11 is 0. The Morgan fingerprint density at radius 2 is 2.10 bits per heavy atom. The van der Waals surface area contributed by atoms with Crippen molar-refractivity contribution in [2.75, 3.05) is 18.9 Å². The molecule has 2 N–H and O–H groups in total. The van der Waals surface area contributed by atoms with Crippen LogP contribution in [0.1, 0.15) is 32.4 Å². The van der Waals surface area contributed by atoms with Gasteiger partial charge in [-0.3, -0.25) is 0 Å². The largest absolute Gasteiger partial charge is 0.399 e. The van der Waals surface area contributed by atoms with Crippen molar-refractivity contribution in [2.45, 2.75) is 33.7 Å². The lowest BCUT2D eigenvalue weighted by molar-refractivity contribution is 0.0913. The van der Waals surface area contributed by atoms with Crippen molar-refractivity contribution in [2.24, 2.45) is 5.92 Å². The standard InChI is InChI=1S/C15H23N5O/c1-5-21-9-14(10(2)3)20-15(17-18-19-20)13-7-6-12(16)8-11(13)4/h6-8,10,14H,5,9,16H2,1-4H3. The molecule has 0 saturated carbocycles. The minimum absolute atomic E-state index is 0.104. The molecule has 0 bridgehead atoms. The molecule has 114 valence electrons. The molecule has 1 heterocycles. The predicted molar refractivity (Wildman–Crippen MR) is 82.8 cm³/mol. The van der Waals surface area contributed by atoms with Gasteiger partial charge in [0.25, 0.3) is 0 Å². The Labute approximate surface area is 125 Å². The van der Waals surface area contributed by atoms with Crippen LogP contribution in [0.4, 0.5) is 5.69 Å². The second-order valence-corrected chi connectivity index (χ2v) is 5.49. The van der Waals surface area contributed by atoms with E-state index in [1.165, 1.54) is 0 Å². The van der Waals surface area contributed by atoms with E-state index in [0.717, 1.165) is 22.6 Å². The zero-order chi connectivity index (χ0) is 15.4. The smallest absolute Gasteiger partial charge is 0.182 e. The van der Waals surface area contributed by atoms with Crippen LogP contribution in [0.2, 0.25) is 0 Å². The summed E-state index contributed by atoms with van der Waals surface area (Å²) < 4.78 is 7.44. The van der Waals surface area contributed by atoms with Crippen LogP contribution in [0.5, 0.6) is 0 Å². The first-order valence-electron chi connectivity index (χ1n) is 7.26. The Balaban J connectivity index is 2.40. The molecule has 1 aromatic heterocycles. The number of nitrogen functional groups attached to an aromatic ring is 1. The number of hydrogen-bond acceptors (Lipinski definition) is 5. The van der Waals surface area contributed by atoms with Crippen molar-refractivity contribution >= 4 is 5.69 Å². The SMILES string of the molecule is CCOCC(C(C)C)n1nnnc1-c1ccc(N)cc1C. The molecule has 0 spiro atoms. The quantitative estimate of drug-likeness (QED) is 0.826. The first kappa shape index (κ1) is 15.4. The second kappa shape index (κ2) is 6.67. The Hall–Kier alpha value is -1.95. The summed E-state index contributed by atoms with van der Waals surface area (Å²) in [7, 11) is 0. The van der Waals surface area contributed by atoms with Crippen LogP contribution in [0.3, 0.4) is 0 Å². The van der Waals surface area contributed by atoms with Gasteiger partial charge in [-0.15, -0.1) is 5.10 Å². The minimum atomic E-state index is 0.104. The summed E-state index contributed by atoms with van der Waals surface area (Å²) in [4.78, 5) is 0. The average Bonchev–Trinajstić information content (AvgIpc) is 2.88. The van der Waals surface area contributed by atoms with Gasteiger partial charge in [-0.2, -0.15) is 0 Å². The van der Waals surface area contributed by atoms with Crippen LogP contribution in [0, 0.1) is 12.8 Å². The van der Waals surface area contributed by atoms with Crippen LogP contribution >= 0.6 is 0 Å². The molecule has 0 saturated heterocycles. The van der Waals surface area contributed by atoms with Gasteiger partial charge in [-0.05, 0) is 54.0 Å². The highest BCUT2D eigenvalue weighted by Crippen LogP contribution is 2.27. The van der Waals surface area contributed by atoms with Crippen molar-refractivity contribution < 1.29 is 4.74 Å². The molecule has 1 atom stereocenters. The van der Waals surface area contributed by atoms with Gasteiger partial charge in [-0.25, -0.2) is 4.68 Å². The number of nitrogens with zero attached hydrogens (tertiary/aromatic N) is 4. The summed E-state index contributed by atoms with van der Waals surface area (Å²) in [6.07, 6.45) is 0. The van der Waals surface area contributed by atoms with Gasteiger partial charge in [0, 0.05) is 17.9 Å². The fourth-order valence-electron chi connectivity index (χ4n) is 2.32. The van der Waals surface area contributed by atoms with Crippen LogP contribution in [-0.4, -0.2) is 33.4 Å². The van der Waals surface area contributed by atoms with E-state index in [4.69, 9.17) is 10.5 Å². The third kappa shape index (κ3) is 3.39. The molecular weight excluding hydrogens is 266 g/mol. The van der Waals surface area contributed by atoms with E-state index >= 15 is 0 Å². The maximum Gasteiger partial charge on any atom is 0.182 e. The monoisotopic (exact) mass is 289 g/mol. The molecule has 21 heavy (non-hydrogen) atoms. The first-order valence-corrected chi connectivity index (χ1v) is 7.26. The Morgan fingerprint density at radius 3 is 2.71 bits per heavy atom. The number of aryl methyl sites for hydroxylation is 1. The van der Waals surface area contributed by atoms with E-state index in [1.807, 2.05) is 36.7 Å². The van der Waals surface area contributed by atoms with E-state index < -0.39 is 0 Å². The molecule has 6 heteroatoms. The molecule has 1 unspecified atom stereocenters. The molecule has 0 aliphatic rings. The van der Waals surface area contributed by atoms with Gasteiger partial charge < -0.3 is 10.5 Å². The van der Waals surface area contributed by atoms with Gasteiger partial charge >= 0.3 is 0 Å². The molecule has 1 aromatic carbocycles. The Bertz CT molecular complexity index is 593. The third-order valence-electron chi connectivity index (χ3n) is 3.56. The van der Waals surface area contributed by atoms with Crippen molar-refractivity contribution in [3.8, 4) is 11.4 Å². The molecule has 0 radical (unpaired) electrons. The van der Waals surface area contributed by atoms with Crippen LogP contribution in [0.15, 0.2) is 18.2 Å². The lowest BCUT2D eigenvalue weighted by atomic mass is 10.0. The van der Waals surface area contributed by atoms with Crippen molar-refractivity contribution in [3.63, 3.8) is 0 Å². The van der Waals surface area contributed by atoms with Gasteiger partial charge in [-0.1, -0.05) is 13.8 Å². The van der Waals surface area contributed by atoms with Crippen molar-refractivity contribution in [1.29, 1.82) is 0 Å². The molecule has 0 amide bonds. The second-order valence-electron chi connectivity index (χ2n) is 5.49. The molecule has 6 nitrogen and oxygen atoms in total. The van der Waals surface area contributed by atoms with Gasteiger partial charge in [0.15, 0.2) is 5.82 Å². The lowest BCUT2D eigenvalue weighted by Crippen LogP contribution is -2.23. The fraction of sp³-hybridized carbons (Fsp3) is 0.533.